The van der Waals surface area contributed by atoms with Gasteiger partial charge in [-0.2, -0.15) is 0 Å². The number of imidazole rings is 1. The first-order chi connectivity index (χ1) is 9.72. The summed E-state index contributed by atoms with van der Waals surface area (Å²) in [6, 6.07) is 6.48. The number of benzene rings is 1. The Morgan fingerprint density at radius 1 is 1.10 bits per heavy atom. The van der Waals surface area contributed by atoms with Crippen LogP contribution < -0.4 is 5.32 Å². The number of hydrogen-bond acceptors (Lipinski definition) is 3. The summed E-state index contributed by atoms with van der Waals surface area (Å²) in [5.74, 6) is -0.215. The van der Waals surface area contributed by atoms with E-state index in [9.17, 15) is 4.39 Å². The minimum atomic E-state index is -0.215. The number of fused-ring (bicyclic) bond motifs is 1. The lowest BCUT2D eigenvalue weighted by Gasteiger charge is -2.05. The standard InChI is InChI=1S/C14H12BrFN4/c15-13-9-20-12(7-19-14(20)8-18-13)6-17-5-10-1-3-11(16)4-2-10/h1-4,7-9,17H,5-6H2. The Kier molecular flexibility index (Phi) is 3.75. The molecule has 0 aliphatic carbocycles. The molecule has 3 aromatic rings. The maximum Gasteiger partial charge on any atom is 0.155 e. The largest absolute Gasteiger partial charge is 0.307 e. The molecule has 102 valence electrons. The normalized spacial score (nSPS) is 11.1. The van der Waals surface area contributed by atoms with Gasteiger partial charge in [-0.05, 0) is 33.6 Å². The summed E-state index contributed by atoms with van der Waals surface area (Å²) in [5, 5.41) is 3.32. The number of aromatic nitrogens is 3. The number of halogens is 2. The summed E-state index contributed by atoms with van der Waals surface area (Å²) in [6.45, 7) is 1.36. The van der Waals surface area contributed by atoms with Gasteiger partial charge in [0.15, 0.2) is 5.65 Å². The van der Waals surface area contributed by atoms with Gasteiger partial charge in [-0.1, -0.05) is 12.1 Å². The molecule has 0 fully saturated rings. The van der Waals surface area contributed by atoms with Crippen LogP contribution in [-0.4, -0.2) is 14.4 Å². The smallest absolute Gasteiger partial charge is 0.155 e. The van der Waals surface area contributed by atoms with Crippen LogP contribution in [0.5, 0.6) is 0 Å². The van der Waals surface area contributed by atoms with Crippen molar-refractivity contribution in [3.63, 3.8) is 0 Å². The van der Waals surface area contributed by atoms with Gasteiger partial charge in [0.1, 0.15) is 10.4 Å². The Hall–Kier alpha value is -1.79. The van der Waals surface area contributed by atoms with Crippen molar-refractivity contribution in [3.05, 3.63) is 64.5 Å². The van der Waals surface area contributed by atoms with E-state index in [1.54, 1.807) is 18.3 Å². The highest BCUT2D eigenvalue weighted by atomic mass is 79.9. The molecule has 0 atom stereocenters. The molecule has 0 unspecified atom stereocenters. The van der Waals surface area contributed by atoms with Crippen LogP contribution >= 0.6 is 15.9 Å². The molecule has 0 aliphatic heterocycles. The summed E-state index contributed by atoms with van der Waals surface area (Å²) in [4.78, 5) is 8.42. The highest BCUT2D eigenvalue weighted by Gasteiger charge is 2.04. The zero-order valence-electron chi connectivity index (χ0n) is 10.6. The molecule has 0 spiro atoms. The summed E-state index contributed by atoms with van der Waals surface area (Å²) >= 11 is 3.35. The van der Waals surface area contributed by atoms with E-state index >= 15 is 0 Å². The Labute approximate surface area is 123 Å². The van der Waals surface area contributed by atoms with E-state index in [1.165, 1.54) is 12.1 Å². The predicted molar refractivity (Wildman–Crippen MR) is 77.6 cm³/mol. The summed E-state index contributed by atoms with van der Waals surface area (Å²) < 4.78 is 15.5. The molecule has 4 nitrogen and oxygen atoms in total. The van der Waals surface area contributed by atoms with Gasteiger partial charge in [0.2, 0.25) is 0 Å². The molecule has 0 amide bonds. The van der Waals surface area contributed by atoms with E-state index in [1.807, 2.05) is 16.8 Å². The van der Waals surface area contributed by atoms with E-state index in [0.29, 0.717) is 13.1 Å². The molecule has 0 radical (unpaired) electrons. The molecule has 0 saturated heterocycles. The highest BCUT2D eigenvalue weighted by Crippen LogP contribution is 2.10. The SMILES string of the molecule is Fc1ccc(CNCc2cnc3cnc(Br)cn23)cc1. The minimum Gasteiger partial charge on any atom is -0.307 e. The van der Waals surface area contributed by atoms with Crippen LogP contribution in [0.1, 0.15) is 11.3 Å². The Bertz CT molecular complexity index is 724. The molecule has 0 saturated carbocycles. The van der Waals surface area contributed by atoms with Crippen LogP contribution in [0.3, 0.4) is 0 Å². The van der Waals surface area contributed by atoms with Gasteiger partial charge in [-0.3, -0.25) is 4.40 Å². The molecule has 3 rings (SSSR count). The fraction of sp³-hybridized carbons (Fsp3) is 0.143. The van der Waals surface area contributed by atoms with E-state index in [-0.39, 0.29) is 5.82 Å². The van der Waals surface area contributed by atoms with Crippen LogP contribution in [0.15, 0.2) is 47.5 Å². The third kappa shape index (κ3) is 2.86. The number of rotatable bonds is 4. The third-order valence-electron chi connectivity index (χ3n) is 2.99. The van der Waals surface area contributed by atoms with Crippen molar-refractivity contribution < 1.29 is 4.39 Å². The molecule has 0 aliphatic rings. The number of nitrogens with zero attached hydrogens (tertiary/aromatic N) is 3. The van der Waals surface area contributed by atoms with Crippen LogP contribution in [0.2, 0.25) is 0 Å². The molecule has 1 N–H and O–H groups in total. The van der Waals surface area contributed by atoms with Crippen molar-refractivity contribution >= 4 is 21.6 Å². The van der Waals surface area contributed by atoms with Crippen molar-refractivity contribution in [1.82, 2.24) is 19.7 Å². The van der Waals surface area contributed by atoms with E-state index < -0.39 is 0 Å². The van der Waals surface area contributed by atoms with Gasteiger partial charge in [-0.15, -0.1) is 0 Å². The second-order valence-electron chi connectivity index (χ2n) is 4.42. The fourth-order valence-corrected chi connectivity index (χ4v) is 2.29. The Morgan fingerprint density at radius 2 is 1.90 bits per heavy atom. The molecule has 2 heterocycles. The van der Waals surface area contributed by atoms with Crippen LogP contribution in [0, 0.1) is 5.82 Å². The van der Waals surface area contributed by atoms with Gasteiger partial charge >= 0.3 is 0 Å². The van der Waals surface area contributed by atoms with Crippen LogP contribution in [0.4, 0.5) is 4.39 Å². The lowest BCUT2D eigenvalue weighted by atomic mass is 10.2. The second-order valence-corrected chi connectivity index (χ2v) is 5.23. The lowest BCUT2D eigenvalue weighted by molar-refractivity contribution is 0.624. The van der Waals surface area contributed by atoms with E-state index in [4.69, 9.17) is 0 Å². The molecule has 0 bridgehead atoms. The average Bonchev–Trinajstić information content (AvgIpc) is 2.84. The molecule has 6 heteroatoms. The monoisotopic (exact) mass is 334 g/mol. The van der Waals surface area contributed by atoms with Gasteiger partial charge < -0.3 is 5.32 Å². The molecule has 1 aromatic carbocycles. The van der Waals surface area contributed by atoms with E-state index in [2.05, 4.69) is 31.2 Å². The van der Waals surface area contributed by atoms with Crippen molar-refractivity contribution in [2.75, 3.05) is 0 Å². The first-order valence-corrected chi connectivity index (χ1v) is 6.94. The Morgan fingerprint density at radius 3 is 2.70 bits per heavy atom. The van der Waals surface area contributed by atoms with Gasteiger partial charge in [0.25, 0.3) is 0 Å². The second kappa shape index (κ2) is 5.68. The molecule has 2 aromatic heterocycles. The number of hydrogen-bond donors (Lipinski definition) is 1. The highest BCUT2D eigenvalue weighted by molar-refractivity contribution is 9.10. The quantitative estimate of drug-likeness (QED) is 0.797. The maximum absolute atomic E-state index is 12.8. The Balaban J connectivity index is 1.68. The molecular formula is C14H12BrFN4. The number of nitrogens with one attached hydrogen (secondary N) is 1. The van der Waals surface area contributed by atoms with Crippen LogP contribution in [0.25, 0.3) is 5.65 Å². The summed E-state index contributed by atoms with van der Waals surface area (Å²) in [7, 11) is 0. The predicted octanol–water partition coefficient (Wildman–Crippen LogP) is 2.92. The van der Waals surface area contributed by atoms with Gasteiger partial charge in [0.05, 0.1) is 18.1 Å². The zero-order chi connectivity index (χ0) is 13.9. The fourth-order valence-electron chi connectivity index (χ4n) is 1.98. The first kappa shape index (κ1) is 13.2. The molecule has 20 heavy (non-hydrogen) atoms. The first-order valence-electron chi connectivity index (χ1n) is 6.15. The van der Waals surface area contributed by atoms with Crippen LogP contribution in [-0.2, 0) is 13.1 Å². The van der Waals surface area contributed by atoms with Crippen molar-refractivity contribution in [3.8, 4) is 0 Å². The topological polar surface area (TPSA) is 42.2 Å². The maximum atomic E-state index is 12.8. The zero-order valence-corrected chi connectivity index (χ0v) is 12.1. The van der Waals surface area contributed by atoms with Gasteiger partial charge in [-0.25, -0.2) is 14.4 Å². The van der Waals surface area contributed by atoms with Crippen molar-refractivity contribution in [1.29, 1.82) is 0 Å². The summed E-state index contributed by atoms with van der Waals surface area (Å²) in [6.07, 6.45) is 5.42. The third-order valence-corrected chi connectivity index (χ3v) is 3.40. The van der Waals surface area contributed by atoms with Gasteiger partial charge in [0, 0.05) is 19.3 Å². The molecular weight excluding hydrogens is 323 g/mol. The summed E-state index contributed by atoms with van der Waals surface area (Å²) in [5.41, 5.74) is 2.90. The minimum absolute atomic E-state index is 0.215. The van der Waals surface area contributed by atoms with Crippen molar-refractivity contribution in [2.45, 2.75) is 13.1 Å². The van der Waals surface area contributed by atoms with Crippen molar-refractivity contribution in [2.24, 2.45) is 0 Å². The average molecular weight is 335 g/mol. The van der Waals surface area contributed by atoms with E-state index in [0.717, 1.165) is 21.5 Å². The lowest BCUT2D eigenvalue weighted by Crippen LogP contribution is -2.14.